The Bertz CT molecular complexity index is 515. The highest BCUT2D eigenvalue weighted by molar-refractivity contribution is 6.03. The molecule has 70 valence electrons. The van der Waals surface area contributed by atoms with Crippen molar-refractivity contribution in [2.75, 3.05) is 6.79 Å². The van der Waals surface area contributed by atoms with Crippen LogP contribution in [0.5, 0.6) is 11.6 Å². The minimum atomic E-state index is 0.135. The van der Waals surface area contributed by atoms with Crippen molar-refractivity contribution in [2.45, 2.75) is 0 Å². The van der Waals surface area contributed by atoms with Crippen molar-refractivity contribution in [3.63, 3.8) is 0 Å². The average Bonchev–Trinajstić information content (AvgIpc) is 2.46. The molecule has 1 aliphatic heterocycles. The largest absolute Gasteiger partial charge is 0.457 e. The predicted octanol–water partition coefficient (Wildman–Crippen LogP) is 1.71. The van der Waals surface area contributed by atoms with Crippen LogP contribution in [0.15, 0.2) is 18.2 Å². The van der Waals surface area contributed by atoms with Crippen molar-refractivity contribution in [1.29, 1.82) is 0 Å². The molecule has 2 heterocycles. The van der Waals surface area contributed by atoms with E-state index in [0.29, 0.717) is 17.2 Å². The standard InChI is InChI=1S/C10H7NO3/c12-4-6-9-7-2-1-3-8(9)13-5-14-10(6)11-7/h1-4,11H,5H2. The van der Waals surface area contributed by atoms with Crippen LogP contribution < -0.4 is 9.47 Å². The van der Waals surface area contributed by atoms with Crippen molar-refractivity contribution < 1.29 is 14.3 Å². The normalized spacial score (nSPS) is 13.4. The van der Waals surface area contributed by atoms with E-state index in [9.17, 15) is 4.79 Å². The van der Waals surface area contributed by atoms with E-state index in [1.807, 2.05) is 18.2 Å². The number of benzene rings is 1. The number of H-pyrrole nitrogens is 1. The van der Waals surface area contributed by atoms with E-state index in [0.717, 1.165) is 17.2 Å². The first-order valence-electron chi connectivity index (χ1n) is 4.25. The lowest BCUT2D eigenvalue weighted by molar-refractivity contribution is 0.109. The number of aldehydes is 1. The SMILES string of the molecule is O=Cc1c2[nH]c3cccc(c13)OCO2. The Morgan fingerprint density at radius 3 is 3.14 bits per heavy atom. The van der Waals surface area contributed by atoms with Crippen molar-refractivity contribution >= 4 is 17.2 Å². The fourth-order valence-electron chi connectivity index (χ4n) is 1.71. The van der Waals surface area contributed by atoms with Gasteiger partial charge in [-0.25, -0.2) is 0 Å². The van der Waals surface area contributed by atoms with E-state index in [1.54, 1.807) is 0 Å². The lowest BCUT2D eigenvalue weighted by atomic mass is 10.1. The molecular weight excluding hydrogens is 182 g/mol. The number of hydrogen-bond donors (Lipinski definition) is 1. The summed E-state index contributed by atoms with van der Waals surface area (Å²) in [5.41, 5.74) is 1.40. The molecule has 0 fully saturated rings. The topological polar surface area (TPSA) is 51.3 Å². The van der Waals surface area contributed by atoms with Crippen LogP contribution in [0.3, 0.4) is 0 Å². The van der Waals surface area contributed by atoms with Gasteiger partial charge < -0.3 is 14.5 Å². The molecule has 3 rings (SSSR count). The van der Waals surface area contributed by atoms with Crippen LogP contribution in [0.1, 0.15) is 10.4 Å². The molecule has 4 heteroatoms. The number of ether oxygens (including phenoxy) is 2. The van der Waals surface area contributed by atoms with Crippen LogP contribution in [0.4, 0.5) is 0 Å². The van der Waals surface area contributed by atoms with Crippen molar-refractivity contribution in [3.05, 3.63) is 23.8 Å². The Balaban J connectivity index is 2.50. The van der Waals surface area contributed by atoms with Crippen molar-refractivity contribution in [1.82, 2.24) is 4.98 Å². The van der Waals surface area contributed by atoms with Crippen LogP contribution in [0.25, 0.3) is 10.9 Å². The molecular formula is C10H7NO3. The molecule has 0 radical (unpaired) electrons. The van der Waals surface area contributed by atoms with Gasteiger partial charge in [-0.15, -0.1) is 0 Å². The molecule has 0 saturated heterocycles. The Labute approximate surface area is 79.4 Å². The summed E-state index contributed by atoms with van der Waals surface area (Å²) in [7, 11) is 0. The molecule has 1 aliphatic rings. The summed E-state index contributed by atoms with van der Waals surface area (Å²) in [6.07, 6.45) is 0.784. The van der Waals surface area contributed by atoms with Gasteiger partial charge >= 0.3 is 0 Å². The Hall–Kier alpha value is -1.97. The molecule has 14 heavy (non-hydrogen) atoms. The minimum absolute atomic E-state index is 0.135. The van der Waals surface area contributed by atoms with Crippen LogP contribution in [-0.2, 0) is 0 Å². The van der Waals surface area contributed by atoms with Crippen molar-refractivity contribution in [3.8, 4) is 11.6 Å². The fraction of sp³-hybridized carbons (Fsp3) is 0.100. The van der Waals surface area contributed by atoms with Gasteiger partial charge in [0, 0.05) is 0 Å². The maximum Gasteiger partial charge on any atom is 0.232 e. The zero-order valence-corrected chi connectivity index (χ0v) is 7.24. The zero-order valence-electron chi connectivity index (χ0n) is 7.24. The summed E-state index contributed by atoms with van der Waals surface area (Å²) >= 11 is 0. The number of aromatic amines is 1. The van der Waals surface area contributed by atoms with E-state index in [1.165, 1.54) is 0 Å². The number of hydrogen-bond acceptors (Lipinski definition) is 3. The second kappa shape index (κ2) is 2.51. The summed E-state index contributed by atoms with van der Waals surface area (Å²) in [5.74, 6) is 1.17. The van der Waals surface area contributed by atoms with Gasteiger partial charge in [0.1, 0.15) is 5.75 Å². The molecule has 0 amide bonds. The van der Waals surface area contributed by atoms with E-state index >= 15 is 0 Å². The van der Waals surface area contributed by atoms with Gasteiger partial charge in [-0.1, -0.05) is 6.07 Å². The smallest absolute Gasteiger partial charge is 0.232 e. The van der Waals surface area contributed by atoms with Gasteiger partial charge in [-0.3, -0.25) is 4.79 Å². The van der Waals surface area contributed by atoms with Crippen LogP contribution >= 0.6 is 0 Å². The zero-order chi connectivity index (χ0) is 9.54. The monoisotopic (exact) mass is 189 g/mol. The molecule has 0 saturated carbocycles. The molecule has 0 aliphatic carbocycles. The van der Waals surface area contributed by atoms with E-state index in [-0.39, 0.29) is 6.79 Å². The van der Waals surface area contributed by atoms with Gasteiger partial charge in [0.05, 0.1) is 16.5 Å². The van der Waals surface area contributed by atoms with Gasteiger partial charge in [0.15, 0.2) is 6.29 Å². The first kappa shape index (κ1) is 7.44. The molecule has 1 N–H and O–H groups in total. The molecule has 0 unspecified atom stereocenters. The van der Waals surface area contributed by atoms with E-state index in [4.69, 9.17) is 9.47 Å². The predicted molar refractivity (Wildman–Crippen MR) is 49.8 cm³/mol. The highest BCUT2D eigenvalue weighted by Gasteiger charge is 2.19. The molecule has 0 spiro atoms. The second-order valence-electron chi connectivity index (χ2n) is 3.07. The number of rotatable bonds is 1. The molecule has 1 aromatic heterocycles. The van der Waals surface area contributed by atoms with Crippen LogP contribution in [0, 0.1) is 0 Å². The van der Waals surface area contributed by atoms with Crippen LogP contribution in [0.2, 0.25) is 0 Å². The Kier molecular flexibility index (Phi) is 1.33. The van der Waals surface area contributed by atoms with Gasteiger partial charge in [0.25, 0.3) is 0 Å². The van der Waals surface area contributed by atoms with Crippen LogP contribution in [-0.4, -0.2) is 18.1 Å². The first-order valence-corrected chi connectivity index (χ1v) is 4.25. The quantitative estimate of drug-likeness (QED) is 0.695. The lowest BCUT2D eigenvalue weighted by Gasteiger charge is -2.06. The summed E-state index contributed by atoms with van der Waals surface area (Å²) in [6.45, 7) is 0.135. The lowest BCUT2D eigenvalue weighted by Crippen LogP contribution is -2.05. The Morgan fingerprint density at radius 2 is 2.29 bits per heavy atom. The minimum Gasteiger partial charge on any atom is -0.457 e. The number of fused-ring (bicyclic) bond motifs is 1. The number of aromatic nitrogens is 1. The van der Waals surface area contributed by atoms with E-state index in [2.05, 4.69) is 4.98 Å². The summed E-state index contributed by atoms with van der Waals surface area (Å²) < 4.78 is 10.6. The third-order valence-corrected chi connectivity index (χ3v) is 2.32. The fourth-order valence-corrected chi connectivity index (χ4v) is 1.71. The van der Waals surface area contributed by atoms with Gasteiger partial charge in [-0.2, -0.15) is 0 Å². The number of carbonyl (C=O) groups is 1. The number of carbonyl (C=O) groups excluding carboxylic acids is 1. The summed E-state index contributed by atoms with van der Waals surface area (Å²) in [4.78, 5) is 13.9. The molecule has 2 aromatic rings. The summed E-state index contributed by atoms with van der Waals surface area (Å²) in [6, 6.07) is 5.58. The molecule has 1 aromatic carbocycles. The van der Waals surface area contributed by atoms with Gasteiger partial charge in [-0.05, 0) is 12.1 Å². The first-order chi connectivity index (χ1) is 6.90. The third kappa shape index (κ3) is 0.797. The Morgan fingerprint density at radius 1 is 1.36 bits per heavy atom. The molecule has 4 nitrogen and oxygen atoms in total. The maximum absolute atomic E-state index is 10.9. The molecule has 0 atom stereocenters. The van der Waals surface area contributed by atoms with Crippen molar-refractivity contribution in [2.24, 2.45) is 0 Å². The van der Waals surface area contributed by atoms with E-state index < -0.39 is 0 Å². The highest BCUT2D eigenvalue weighted by atomic mass is 16.7. The van der Waals surface area contributed by atoms with Gasteiger partial charge in [0.2, 0.25) is 12.7 Å². The second-order valence-corrected chi connectivity index (χ2v) is 3.07. The molecule has 2 bridgehead atoms. The maximum atomic E-state index is 10.9. The highest BCUT2D eigenvalue weighted by Crippen LogP contribution is 2.35. The average molecular weight is 189 g/mol. The summed E-state index contributed by atoms with van der Waals surface area (Å²) in [5, 5.41) is 0.801. The number of nitrogens with one attached hydrogen (secondary N) is 1. The third-order valence-electron chi connectivity index (χ3n) is 2.32.